The van der Waals surface area contributed by atoms with Gasteiger partial charge in [0.05, 0.1) is 12.8 Å². The minimum absolute atomic E-state index is 0. The van der Waals surface area contributed by atoms with Gasteiger partial charge in [0.1, 0.15) is 5.75 Å². The third-order valence-electron chi connectivity index (χ3n) is 1.89. The Morgan fingerprint density at radius 2 is 2.20 bits per heavy atom. The van der Waals surface area contributed by atoms with Crippen LogP contribution in [0.15, 0.2) is 29.6 Å². The summed E-state index contributed by atoms with van der Waals surface area (Å²) in [5.74, 6) is 0.828. The van der Waals surface area contributed by atoms with E-state index in [2.05, 4.69) is 4.98 Å². The molecule has 0 fully saturated rings. The number of thiazole rings is 1. The van der Waals surface area contributed by atoms with E-state index in [1.54, 1.807) is 7.11 Å². The van der Waals surface area contributed by atoms with Crippen LogP contribution in [0.25, 0.3) is 11.3 Å². The summed E-state index contributed by atoms with van der Waals surface area (Å²) < 4.78 is 5.13. The lowest BCUT2D eigenvalue weighted by Gasteiger charge is -2.01. The Bertz CT molecular complexity index is 444. The number of nitrogens with zero attached hydrogens (tertiary/aromatic N) is 1. The molecule has 1 heterocycles. The molecule has 1 aromatic carbocycles. The second-order valence-corrected chi connectivity index (χ2v) is 3.69. The molecule has 2 N–H and O–H groups in total. The first-order valence-corrected chi connectivity index (χ1v) is 5.03. The van der Waals surface area contributed by atoms with Crippen LogP contribution in [0.1, 0.15) is 0 Å². The van der Waals surface area contributed by atoms with Crippen molar-refractivity contribution in [2.24, 2.45) is 0 Å². The molecule has 0 aliphatic heterocycles. The third kappa shape index (κ3) is 2.70. The fourth-order valence-electron chi connectivity index (χ4n) is 1.20. The van der Waals surface area contributed by atoms with Crippen molar-refractivity contribution in [2.45, 2.75) is 0 Å². The predicted octanol–water partition coefficient (Wildman–Crippen LogP) is 2.98. The summed E-state index contributed by atoms with van der Waals surface area (Å²) in [6.45, 7) is 0. The average Bonchev–Trinajstić information content (AvgIpc) is 2.65. The van der Waals surface area contributed by atoms with E-state index in [-0.39, 0.29) is 17.0 Å². The Labute approximate surface area is 103 Å². The first-order chi connectivity index (χ1) is 6.79. The van der Waals surface area contributed by atoms with Crippen LogP contribution >= 0.6 is 28.3 Å². The lowest BCUT2D eigenvalue weighted by Crippen LogP contribution is -1.85. The van der Waals surface area contributed by atoms with Crippen molar-refractivity contribution in [3.05, 3.63) is 29.6 Å². The van der Waals surface area contributed by atoms with Crippen molar-refractivity contribution in [3.8, 4) is 17.0 Å². The lowest BCUT2D eigenvalue weighted by molar-refractivity contribution is 0.415. The number of rotatable bonds is 2. The topological polar surface area (TPSA) is 48.1 Å². The van der Waals surface area contributed by atoms with Crippen LogP contribution in [0.5, 0.6) is 5.75 Å². The van der Waals surface area contributed by atoms with Crippen LogP contribution in [0, 0.1) is 0 Å². The summed E-state index contributed by atoms with van der Waals surface area (Å²) in [7, 11) is 1.65. The standard InChI is InChI=1S/C10H10N2OS.BrH/c1-13-8-4-2-3-7(5-8)9-6-14-10(11)12-9;/h2-6H,1H3,(H2,11,12);1H. The van der Waals surface area contributed by atoms with Crippen LogP contribution in [-0.2, 0) is 0 Å². The fourth-order valence-corrected chi connectivity index (χ4v) is 1.77. The molecule has 0 radical (unpaired) electrons. The molecular formula is C10H11BrN2OS. The quantitative estimate of drug-likeness (QED) is 0.923. The fraction of sp³-hybridized carbons (Fsp3) is 0.100. The molecular weight excluding hydrogens is 276 g/mol. The Balaban J connectivity index is 0.00000112. The van der Waals surface area contributed by atoms with Gasteiger partial charge in [0.25, 0.3) is 0 Å². The maximum absolute atomic E-state index is 5.56. The van der Waals surface area contributed by atoms with Gasteiger partial charge >= 0.3 is 0 Å². The summed E-state index contributed by atoms with van der Waals surface area (Å²) in [6, 6.07) is 7.76. The number of nitrogens with two attached hydrogens (primary N) is 1. The van der Waals surface area contributed by atoms with Crippen LogP contribution in [0.4, 0.5) is 5.13 Å². The Hall–Kier alpha value is -1.07. The van der Waals surface area contributed by atoms with E-state index < -0.39 is 0 Å². The molecule has 0 spiro atoms. The zero-order valence-electron chi connectivity index (χ0n) is 8.14. The minimum Gasteiger partial charge on any atom is -0.497 e. The monoisotopic (exact) mass is 286 g/mol. The molecule has 0 saturated heterocycles. The van der Waals surface area contributed by atoms with E-state index in [1.807, 2.05) is 29.6 Å². The molecule has 2 aromatic rings. The summed E-state index contributed by atoms with van der Waals surface area (Å²) in [4.78, 5) is 4.20. The van der Waals surface area contributed by atoms with E-state index in [0.29, 0.717) is 5.13 Å². The number of aromatic nitrogens is 1. The molecule has 15 heavy (non-hydrogen) atoms. The maximum Gasteiger partial charge on any atom is 0.180 e. The van der Waals surface area contributed by atoms with Crippen molar-refractivity contribution in [1.82, 2.24) is 4.98 Å². The van der Waals surface area contributed by atoms with E-state index in [0.717, 1.165) is 17.0 Å². The molecule has 0 atom stereocenters. The van der Waals surface area contributed by atoms with Gasteiger partial charge in [-0.15, -0.1) is 28.3 Å². The van der Waals surface area contributed by atoms with Gasteiger partial charge in [0, 0.05) is 10.9 Å². The largest absolute Gasteiger partial charge is 0.497 e. The minimum atomic E-state index is 0. The van der Waals surface area contributed by atoms with Gasteiger partial charge in [-0.05, 0) is 12.1 Å². The Kier molecular flexibility index (Phi) is 4.11. The van der Waals surface area contributed by atoms with Gasteiger partial charge < -0.3 is 10.5 Å². The number of nitrogen functional groups attached to an aromatic ring is 1. The maximum atomic E-state index is 5.56. The molecule has 3 nitrogen and oxygen atoms in total. The summed E-state index contributed by atoms with van der Waals surface area (Å²) in [5, 5.41) is 2.52. The van der Waals surface area contributed by atoms with Crippen molar-refractivity contribution in [2.75, 3.05) is 12.8 Å². The highest BCUT2D eigenvalue weighted by Crippen LogP contribution is 2.25. The number of benzene rings is 1. The molecule has 5 heteroatoms. The van der Waals surface area contributed by atoms with Crippen LogP contribution in [0.3, 0.4) is 0 Å². The van der Waals surface area contributed by atoms with Crippen molar-refractivity contribution < 1.29 is 4.74 Å². The number of anilines is 1. The van der Waals surface area contributed by atoms with E-state index in [4.69, 9.17) is 10.5 Å². The zero-order valence-corrected chi connectivity index (χ0v) is 10.7. The first-order valence-electron chi connectivity index (χ1n) is 4.15. The van der Waals surface area contributed by atoms with Crippen molar-refractivity contribution >= 4 is 33.4 Å². The second kappa shape index (κ2) is 5.14. The number of ether oxygens (including phenoxy) is 1. The molecule has 0 unspecified atom stereocenters. The second-order valence-electron chi connectivity index (χ2n) is 2.80. The van der Waals surface area contributed by atoms with Gasteiger partial charge in [-0.25, -0.2) is 4.98 Å². The Morgan fingerprint density at radius 3 is 2.80 bits per heavy atom. The molecule has 80 valence electrons. The molecule has 0 aliphatic carbocycles. The third-order valence-corrected chi connectivity index (χ3v) is 2.56. The lowest BCUT2D eigenvalue weighted by atomic mass is 10.2. The normalized spacial score (nSPS) is 9.40. The number of hydrogen-bond donors (Lipinski definition) is 1. The van der Waals surface area contributed by atoms with Crippen LogP contribution < -0.4 is 10.5 Å². The molecule has 2 rings (SSSR count). The van der Waals surface area contributed by atoms with Crippen molar-refractivity contribution in [3.63, 3.8) is 0 Å². The highest BCUT2D eigenvalue weighted by molar-refractivity contribution is 8.93. The predicted molar refractivity (Wildman–Crippen MR) is 68.8 cm³/mol. The van der Waals surface area contributed by atoms with Crippen LogP contribution in [-0.4, -0.2) is 12.1 Å². The SMILES string of the molecule is Br.COc1cccc(-c2csc(N)n2)c1. The first kappa shape index (κ1) is 12.0. The highest BCUT2D eigenvalue weighted by Gasteiger charge is 2.02. The van der Waals surface area contributed by atoms with Crippen molar-refractivity contribution in [1.29, 1.82) is 0 Å². The molecule has 0 amide bonds. The zero-order chi connectivity index (χ0) is 9.97. The summed E-state index contributed by atoms with van der Waals surface area (Å²) >= 11 is 1.44. The number of halogens is 1. The van der Waals surface area contributed by atoms with Crippen LogP contribution in [0.2, 0.25) is 0 Å². The van der Waals surface area contributed by atoms with Gasteiger partial charge in [-0.2, -0.15) is 0 Å². The summed E-state index contributed by atoms with van der Waals surface area (Å²) in [5.41, 5.74) is 7.48. The smallest absolute Gasteiger partial charge is 0.180 e. The van der Waals surface area contributed by atoms with E-state index in [1.165, 1.54) is 11.3 Å². The van der Waals surface area contributed by atoms with Gasteiger partial charge in [-0.1, -0.05) is 12.1 Å². The van der Waals surface area contributed by atoms with E-state index >= 15 is 0 Å². The average molecular weight is 287 g/mol. The van der Waals surface area contributed by atoms with Gasteiger partial charge in [0.15, 0.2) is 5.13 Å². The molecule has 0 bridgehead atoms. The van der Waals surface area contributed by atoms with E-state index in [9.17, 15) is 0 Å². The highest BCUT2D eigenvalue weighted by atomic mass is 79.9. The molecule has 0 aliphatic rings. The van der Waals surface area contributed by atoms with Gasteiger partial charge in [0.2, 0.25) is 0 Å². The Morgan fingerprint density at radius 1 is 1.40 bits per heavy atom. The molecule has 1 aromatic heterocycles. The number of hydrogen-bond acceptors (Lipinski definition) is 4. The molecule has 0 saturated carbocycles. The summed E-state index contributed by atoms with van der Waals surface area (Å²) in [6.07, 6.45) is 0. The van der Waals surface area contributed by atoms with Gasteiger partial charge in [-0.3, -0.25) is 0 Å². The number of methoxy groups -OCH3 is 1.